The van der Waals surface area contributed by atoms with Crippen molar-refractivity contribution in [3.05, 3.63) is 30.0 Å². The van der Waals surface area contributed by atoms with Crippen LogP contribution in [0, 0.1) is 6.92 Å². The van der Waals surface area contributed by atoms with E-state index in [-0.39, 0.29) is 6.42 Å². The van der Waals surface area contributed by atoms with E-state index in [4.69, 9.17) is 5.73 Å². The Balaban J connectivity index is 2.03. The van der Waals surface area contributed by atoms with Gasteiger partial charge in [0.1, 0.15) is 0 Å². The van der Waals surface area contributed by atoms with Crippen molar-refractivity contribution in [2.75, 3.05) is 17.6 Å². The van der Waals surface area contributed by atoms with Crippen LogP contribution < -0.4 is 11.1 Å². The minimum atomic E-state index is -4.07. The number of hydrogen-bond donors (Lipinski definition) is 2. The fraction of sp³-hybridized carbons (Fsp3) is 0.400. The van der Waals surface area contributed by atoms with Gasteiger partial charge in [0.15, 0.2) is 0 Å². The first-order valence-corrected chi connectivity index (χ1v) is 6.83. The third-order valence-corrected chi connectivity index (χ3v) is 3.16. The number of alkyl halides is 3. The van der Waals surface area contributed by atoms with E-state index in [0.717, 1.165) is 22.3 Å². The quantitative estimate of drug-likeness (QED) is 0.640. The topological polar surface area (TPSA) is 50.9 Å². The van der Waals surface area contributed by atoms with Crippen molar-refractivity contribution < 1.29 is 13.2 Å². The molecule has 0 spiro atoms. The van der Waals surface area contributed by atoms with E-state index >= 15 is 0 Å². The molecule has 3 nitrogen and oxygen atoms in total. The second-order valence-corrected chi connectivity index (χ2v) is 5.09. The molecule has 0 aliphatic carbocycles. The molecule has 3 N–H and O–H groups in total. The second kappa shape index (κ2) is 6.20. The zero-order valence-electron chi connectivity index (χ0n) is 11.8. The lowest BCUT2D eigenvalue weighted by atomic mass is 10.1. The Hall–Kier alpha value is -1.98. The molecule has 0 atom stereocenters. The number of nitrogens with zero attached hydrogens (tertiary/aromatic N) is 1. The molecule has 0 fully saturated rings. The van der Waals surface area contributed by atoms with Gasteiger partial charge in [0.25, 0.3) is 0 Å². The molecule has 0 saturated carbocycles. The predicted molar refractivity (Wildman–Crippen MR) is 79.3 cm³/mol. The molecule has 2 aromatic rings. The van der Waals surface area contributed by atoms with E-state index < -0.39 is 12.6 Å². The molecule has 1 aromatic carbocycles. The Morgan fingerprint density at radius 2 is 1.95 bits per heavy atom. The van der Waals surface area contributed by atoms with Crippen molar-refractivity contribution in [2.24, 2.45) is 0 Å². The van der Waals surface area contributed by atoms with E-state index in [0.29, 0.717) is 18.7 Å². The van der Waals surface area contributed by atoms with Crippen LogP contribution in [0.2, 0.25) is 0 Å². The van der Waals surface area contributed by atoms with E-state index in [1.54, 1.807) is 6.07 Å². The number of anilines is 2. The zero-order valence-corrected chi connectivity index (χ0v) is 11.8. The average molecular weight is 297 g/mol. The van der Waals surface area contributed by atoms with E-state index in [1.165, 1.54) is 0 Å². The summed E-state index contributed by atoms with van der Waals surface area (Å²) in [6.45, 7) is 2.37. The van der Waals surface area contributed by atoms with Crippen LogP contribution >= 0.6 is 0 Å². The summed E-state index contributed by atoms with van der Waals surface area (Å²) < 4.78 is 36.2. The molecule has 2 rings (SSSR count). The first-order valence-electron chi connectivity index (χ1n) is 6.83. The van der Waals surface area contributed by atoms with Gasteiger partial charge in [0.05, 0.1) is 5.52 Å². The van der Waals surface area contributed by atoms with Crippen LogP contribution in [-0.4, -0.2) is 17.7 Å². The maximum absolute atomic E-state index is 12.1. The van der Waals surface area contributed by atoms with Crippen LogP contribution in [-0.2, 0) is 0 Å². The van der Waals surface area contributed by atoms with Crippen molar-refractivity contribution in [3.63, 3.8) is 0 Å². The van der Waals surface area contributed by atoms with Gasteiger partial charge in [0.2, 0.25) is 0 Å². The minimum Gasteiger partial charge on any atom is -0.399 e. The van der Waals surface area contributed by atoms with Gasteiger partial charge in [-0.05, 0) is 44.0 Å². The predicted octanol–water partition coefficient (Wildman–Crippen LogP) is 4.27. The van der Waals surface area contributed by atoms with E-state index in [9.17, 15) is 13.2 Å². The van der Waals surface area contributed by atoms with Crippen molar-refractivity contribution in [3.8, 4) is 0 Å². The zero-order chi connectivity index (χ0) is 15.5. The summed E-state index contributed by atoms with van der Waals surface area (Å²) in [5, 5.41) is 4.06. The van der Waals surface area contributed by atoms with Crippen molar-refractivity contribution in [2.45, 2.75) is 32.4 Å². The first-order chi connectivity index (χ1) is 9.85. The molecule has 1 heterocycles. The van der Waals surface area contributed by atoms with E-state index in [2.05, 4.69) is 10.3 Å². The van der Waals surface area contributed by atoms with Crippen LogP contribution in [0.3, 0.4) is 0 Å². The molecular weight excluding hydrogens is 279 g/mol. The van der Waals surface area contributed by atoms with Crippen molar-refractivity contribution in [1.29, 1.82) is 0 Å². The lowest BCUT2D eigenvalue weighted by molar-refractivity contribution is -0.135. The maximum Gasteiger partial charge on any atom is 0.389 e. The molecule has 1 aromatic heterocycles. The Kier molecular flexibility index (Phi) is 4.55. The van der Waals surface area contributed by atoms with Crippen LogP contribution in [0.4, 0.5) is 24.5 Å². The number of nitrogens with one attached hydrogen (secondary N) is 1. The van der Waals surface area contributed by atoms with Crippen LogP contribution in [0.25, 0.3) is 10.9 Å². The van der Waals surface area contributed by atoms with Gasteiger partial charge < -0.3 is 11.1 Å². The summed E-state index contributed by atoms with van der Waals surface area (Å²) in [5.74, 6) is 0. The summed E-state index contributed by atoms with van der Waals surface area (Å²) in [7, 11) is 0. The third kappa shape index (κ3) is 4.51. The number of rotatable bonds is 5. The molecule has 0 aliphatic rings. The number of nitrogen functional groups attached to an aromatic ring is 1. The highest BCUT2D eigenvalue weighted by Gasteiger charge is 2.25. The number of pyridine rings is 1. The smallest absolute Gasteiger partial charge is 0.389 e. The SMILES string of the molecule is Cc1cc(NCCCCC(F)(F)F)c2cc(N)ccc2n1. The standard InChI is InChI=1S/C15H18F3N3/c1-10-8-14(20-7-3-2-6-15(16,17)18)12-9-11(19)4-5-13(12)21-10/h4-5,8-9H,2-3,6-7,19H2,1H3,(H,20,21). The summed E-state index contributed by atoms with van der Waals surface area (Å²) >= 11 is 0. The lowest BCUT2D eigenvalue weighted by Gasteiger charge is -2.12. The van der Waals surface area contributed by atoms with Gasteiger partial charge >= 0.3 is 6.18 Å². The number of hydrogen-bond acceptors (Lipinski definition) is 3. The van der Waals surface area contributed by atoms with Gasteiger partial charge in [-0.2, -0.15) is 13.2 Å². The van der Waals surface area contributed by atoms with Gasteiger partial charge in [0, 0.05) is 35.4 Å². The Morgan fingerprint density at radius 3 is 2.67 bits per heavy atom. The molecule has 0 aliphatic heterocycles. The average Bonchev–Trinajstić information content (AvgIpc) is 2.37. The number of aryl methyl sites for hydroxylation is 1. The highest BCUT2D eigenvalue weighted by atomic mass is 19.4. The van der Waals surface area contributed by atoms with Gasteiger partial charge in [-0.3, -0.25) is 4.98 Å². The molecule has 6 heteroatoms. The highest BCUT2D eigenvalue weighted by molar-refractivity contribution is 5.93. The molecule has 21 heavy (non-hydrogen) atoms. The summed E-state index contributed by atoms with van der Waals surface area (Å²) in [6, 6.07) is 7.32. The van der Waals surface area contributed by atoms with Crippen molar-refractivity contribution >= 4 is 22.3 Å². The van der Waals surface area contributed by atoms with Gasteiger partial charge in [-0.1, -0.05) is 0 Å². The minimum absolute atomic E-state index is 0.126. The first kappa shape index (κ1) is 15.4. The second-order valence-electron chi connectivity index (χ2n) is 5.09. The van der Waals surface area contributed by atoms with Gasteiger partial charge in [-0.15, -0.1) is 0 Å². The normalized spacial score (nSPS) is 11.8. The van der Waals surface area contributed by atoms with Crippen LogP contribution in [0.5, 0.6) is 0 Å². The van der Waals surface area contributed by atoms with Crippen LogP contribution in [0.1, 0.15) is 25.0 Å². The fourth-order valence-electron chi connectivity index (χ4n) is 2.20. The molecule has 114 valence electrons. The highest BCUT2D eigenvalue weighted by Crippen LogP contribution is 2.26. The molecular formula is C15H18F3N3. The molecule has 0 amide bonds. The maximum atomic E-state index is 12.1. The van der Waals surface area contributed by atoms with Crippen LogP contribution in [0.15, 0.2) is 24.3 Å². The van der Waals surface area contributed by atoms with Gasteiger partial charge in [-0.25, -0.2) is 0 Å². The number of unbranched alkanes of at least 4 members (excludes halogenated alkanes) is 1. The largest absolute Gasteiger partial charge is 0.399 e. The summed E-state index contributed by atoms with van der Waals surface area (Å²) in [5.41, 5.74) is 8.94. The molecule has 0 saturated heterocycles. The fourth-order valence-corrected chi connectivity index (χ4v) is 2.20. The number of nitrogens with two attached hydrogens (primary N) is 1. The lowest BCUT2D eigenvalue weighted by Crippen LogP contribution is -2.09. The third-order valence-electron chi connectivity index (χ3n) is 3.16. The Bertz CT molecular complexity index is 623. The Morgan fingerprint density at radius 1 is 1.19 bits per heavy atom. The number of halogens is 3. The number of fused-ring (bicyclic) bond motifs is 1. The summed E-state index contributed by atoms with van der Waals surface area (Å²) in [4.78, 5) is 4.41. The Labute approximate surface area is 121 Å². The summed E-state index contributed by atoms with van der Waals surface area (Å²) in [6.07, 6.45) is -4.22. The molecule has 0 radical (unpaired) electrons. The van der Waals surface area contributed by atoms with E-state index in [1.807, 2.05) is 25.1 Å². The molecule has 0 unspecified atom stereocenters. The number of aromatic nitrogens is 1. The van der Waals surface area contributed by atoms with Crippen molar-refractivity contribution in [1.82, 2.24) is 4.98 Å². The monoisotopic (exact) mass is 297 g/mol. The molecule has 0 bridgehead atoms. The number of benzene rings is 1.